The quantitative estimate of drug-likeness (QED) is 0.0795. The maximum atomic E-state index is 13.2. The van der Waals surface area contributed by atoms with Crippen LogP contribution in [0.2, 0.25) is 0 Å². The Morgan fingerprint density at radius 2 is 0.893 bits per heavy atom. The predicted molar refractivity (Wildman–Crippen MR) is 255 cm³/mol. The molecule has 0 bridgehead atoms. The molecule has 15 heteroatoms. The van der Waals surface area contributed by atoms with E-state index in [-0.39, 0.29) is 42.3 Å². The minimum atomic E-state index is -0.401. The van der Waals surface area contributed by atoms with Crippen LogP contribution in [0.4, 0.5) is 31.5 Å². The molecular weight excluding hydrogens is 1130 g/mol. The fourth-order valence-electron chi connectivity index (χ4n) is 4.77. The van der Waals surface area contributed by atoms with Crippen molar-refractivity contribution in [3.63, 3.8) is 0 Å². The van der Waals surface area contributed by atoms with Gasteiger partial charge in [0.2, 0.25) is 0 Å². The first kappa shape index (κ1) is 49.5. The molecule has 0 unspecified atom stereocenters. The van der Waals surface area contributed by atoms with Gasteiger partial charge in [0.15, 0.2) is 0 Å². The molecule has 0 aliphatic carbocycles. The molecule has 6 nitrogen and oxygen atoms in total. The second kappa shape index (κ2) is 26.4. The number of phenols is 3. The van der Waals surface area contributed by atoms with Crippen molar-refractivity contribution in [1.82, 2.24) is 0 Å². The van der Waals surface area contributed by atoms with E-state index < -0.39 is 5.82 Å². The van der Waals surface area contributed by atoms with Crippen LogP contribution in [0.5, 0.6) is 17.2 Å². The number of carbonyl (C=O) groups excluding carboxylic acids is 1. The van der Waals surface area contributed by atoms with Gasteiger partial charge in [-0.1, -0.05) is 51.4 Å². The first-order valence-electron chi connectivity index (χ1n) is 16.2. The van der Waals surface area contributed by atoms with Crippen molar-refractivity contribution in [2.45, 2.75) is 13.5 Å². The van der Waals surface area contributed by atoms with E-state index in [0.29, 0.717) is 23.5 Å². The van der Waals surface area contributed by atoms with Crippen molar-refractivity contribution in [3.8, 4) is 17.2 Å². The Bertz CT molecular complexity index is 1930. The van der Waals surface area contributed by atoms with Crippen molar-refractivity contribution in [1.29, 1.82) is 0 Å². The van der Waals surface area contributed by atoms with Crippen molar-refractivity contribution in [2.24, 2.45) is 0 Å². The van der Waals surface area contributed by atoms with Gasteiger partial charge in [-0.3, -0.25) is 9.69 Å². The van der Waals surface area contributed by atoms with Gasteiger partial charge in [-0.2, -0.15) is 0 Å². The number of amides is 1. The third-order valence-electron chi connectivity index (χ3n) is 7.44. The number of rotatable bonds is 8. The van der Waals surface area contributed by atoms with Crippen molar-refractivity contribution >= 4 is 119 Å². The van der Waals surface area contributed by atoms with Crippen LogP contribution in [0.1, 0.15) is 21.5 Å². The molecule has 6 rings (SSSR count). The van der Waals surface area contributed by atoms with Crippen LogP contribution < -0.4 is 9.80 Å². The number of phenolic OH excluding ortho intramolecular Hbond substituents is 3. The van der Waals surface area contributed by atoms with Gasteiger partial charge in [0.25, 0.3) is 5.91 Å². The molecule has 0 aliphatic heterocycles. The first-order valence-corrected chi connectivity index (χ1v) is 32.7. The molecular formula is C41H38BF2I3N2O4S2V. The number of aryl methyl sites for hydroxylation is 1. The summed E-state index contributed by atoms with van der Waals surface area (Å²) >= 11 is 7.39. The van der Waals surface area contributed by atoms with Gasteiger partial charge in [0, 0.05) is 43.3 Å². The summed E-state index contributed by atoms with van der Waals surface area (Å²) in [6.45, 7) is 2.72. The molecule has 6 aromatic rings. The Labute approximate surface area is 375 Å². The molecule has 1 amide bonds. The number of hydrogen-bond donors (Lipinski definition) is 3. The normalized spacial score (nSPS) is 9.95. The number of hydrogen-bond acceptors (Lipinski definition) is 7. The summed E-state index contributed by atoms with van der Waals surface area (Å²) in [7, 11) is 3.55. The number of nitrogens with zero attached hydrogens (tertiary/aromatic N) is 2. The van der Waals surface area contributed by atoms with Crippen LogP contribution in [0.25, 0.3) is 0 Å². The van der Waals surface area contributed by atoms with Gasteiger partial charge in [-0.15, -0.1) is 0 Å². The Morgan fingerprint density at radius 3 is 1.27 bits per heavy atom. The number of carbonyl (C=O) groups is 1. The topological polar surface area (TPSA) is 84.2 Å². The van der Waals surface area contributed by atoms with Gasteiger partial charge >= 0.3 is 64.9 Å². The number of aromatic hydroxyl groups is 3. The Hall–Kier alpha value is -2.61. The number of halogens is 5. The van der Waals surface area contributed by atoms with E-state index in [1.807, 2.05) is 12.1 Å². The molecule has 0 spiro atoms. The zero-order valence-corrected chi connectivity index (χ0v) is 39.9. The van der Waals surface area contributed by atoms with Crippen LogP contribution >= 0.6 is 81.5 Å². The molecule has 0 aliphatic rings. The number of benzene rings is 6. The average Bonchev–Trinajstić information content (AvgIpc) is 3.17. The van der Waals surface area contributed by atoms with Crippen molar-refractivity contribution in [3.05, 3.63) is 174 Å². The maximum absolute atomic E-state index is 13.2. The fraction of sp³-hybridized carbons (Fsp3) is 0.0976. The average molecular weight is 1170 g/mol. The Morgan fingerprint density at radius 1 is 0.571 bits per heavy atom. The molecule has 0 atom stereocenters. The van der Waals surface area contributed by atoms with Crippen molar-refractivity contribution in [2.75, 3.05) is 22.3 Å². The fourth-order valence-corrected chi connectivity index (χ4v) is 4.77. The molecule has 3 N–H and O–H groups in total. The van der Waals surface area contributed by atoms with Crippen molar-refractivity contribution < 1.29 is 33.8 Å². The predicted octanol–water partition coefficient (Wildman–Crippen LogP) is 13.3. The molecule has 0 heterocycles. The van der Waals surface area contributed by atoms with Gasteiger partial charge < -0.3 is 20.2 Å². The van der Waals surface area contributed by atoms with E-state index in [1.54, 1.807) is 58.0 Å². The zero-order chi connectivity index (χ0) is 40.3. The van der Waals surface area contributed by atoms with E-state index >= 15 is 0 Å². The number of anilines is 4. The van der Waals surface area contributed by atoms with E-state index in [9.17, 15) is 28.9 Å². The van der Waals surface area contributed by atoms with Crippen LogP contribution in [0.3, 0.4) is 0 Å². The van der Waals surface area contributed by atoms with Gasteiger partial charge in [-0.25, -0.2) is 8.78 Å². The second-order valence-corrected chi connectivity index (χ2v) is 49.3. The van der Waals surface area contributed by atoms with Crippen LogP contribution in [-0.4, -0.2) is 42.2 Å². The van der Waals surface area contributed by atoms with E-state index in [4.69, 9.17) is 0 Å². The molecule has 291 valence electrons. The molecule has 56 heavy (non-hydrogen) atoms. The van der Waals surface area contributed by atoms with Crippen LogP contribution in [0.15, 0.2) is 146 Å². The van der Waals surface area contributed by atoms with E-state index in [1.165, 1.54) is 83.3 Å². The monoisotopic (exact) mass is 1170 g/mol. The van der Waals surface area contributed by atoms with Crippen LogP contribution in [0, 0.1) is 18.6 Å². The first-order chi connectivity index (χ1) is 26.3. The minimum absolute atomic E-state index is 0. The SMILES string of the molecule is CSSC.Cc1ccc(CN(c2ccc(O)cc2)c2ccc(F)cc2)cc1.O=C(c1ccc(O)cc1)N(c1ccc(O)cc1)c1ccc(F)cc1.[B].[I][V]([I])[I]. The summed E-state index contributed by atoms with van der Waals surface area (Å²) < 4.78 is 26.4. The molecule has 0 aromatic heterocycles. The third-order valence-corrected chi connectivity index (χ3v) is 8.77. The summed E-state index contributed by atoms with van der Waals surface area (Å²) in [5.74, 6) is -0.633. The molecule has 0 saturated heterocycles. The van der Waals surface area contributed by atoms with E-state index in [0.717, 1.165) is 16.9 Å². The van der Waals surface area contributed by atoms with Gasteiger partial charge in [0.05, 0.1) is 0 Å². The summed E-state index contributed by atoms with van der Waals surface area (Å²) in [6.07, 6.45) is 4.12. The Balaban J connectivity index is 0.000000320. The zero-order valence-electron chi connectivity index (χ0n) is 30.4. The standard InChI is InChI=1S/C20H18FNO.C19H14FNO3.C2H6S2.B.3HI.V/c1-15-2-4-16(5-3-15)14-22(18-8-6-17(21)7-9-18)19-10-12-20(23)13-11-19;20-14-3-5-15(6-4-14)21(16-7-11-18(23)12-8-16)19(24)13-1-9-17(22)10-2-13;1-3-4-2;;;;;/h2-13,23H,14H2,1H3;1-12,22-23H;1-2H3;;3*1H;/q;;;;;;;+3/p-3. The van der Waals surface area contributed by atoms with Crippen LogP contribution in [-0.2, 0) is 11.5 Å². The third kappa shape index (κ3) is 17.5. The van der Waals surface area contributed by atoms with E-state index in [2.05, 4.69) is 109 Å². The molecule has 6 aromatic carbocycles. The summed E-state index contributed by atoms with van der Waals surface area (Å²) in [5, 5.41) is 28.3. The summed E-state index contributed by atoms with van der Waals surface area (Å²) in [5.41, 5.74) is 5.59. The van der Waals surface area contributed by atoms with Gasteiger partial charge in [0.1, 0.15) is 28.9 Å². The summed E-state index contributed by atoms with van der Waals surface area (Å²) in [6, 6.07) is 39.3. The molecule has 3 radical (unpaired) electrons. The summed E-state index contributed by atoms with van der Waals surface area (Å²) in [4.78, 5) is 16.1. The molecule has 0 fully saturated rings. The van der Waals surface area contributed by atoms with Gasteiger partial charge in [-0.05, 0) is 146 Å². The molecule has 0 saturated carbocycles. The second-order valence-electron chi connectivity index (χ2n) is 11.3. The Kier molecular flexibility index (Phi) is 23.4.